The van der Waals surface area contributed by atoms with E-state index in [1.807, 2.05) is 84.9 Å². The van der Waals surface area contributed by atoms with Crippen LogP contribution in [0.4, 0.5) is 21.9 Å². The maximum absolute atomic E-state index is 13.6. The molecule has 2 amide bonds. The molecule has 262 valence electrons. The summed E-state index contributed by atoms with van der Waals surface area (Å²) in [4.78, 5) is 36.6. The fourth-order valence-electron chi connectivity index (χ4n) is 5.37. The molecule has 3 N–H and O–H groups in total. The first-order chi connectivity index (χ1) is 24.7. The van der Waals surface area contributed by atoms with Crippen LogP contribution in [0.2, 0.25) is 0 Å². The molecule has 12 nitrogen and oxygen atoms in total. The van der Waals surface area contributed by atoms with Gasteiger partial charge in [0.1, 0.15) is 18.0 Å². The summed E-state index contributed by atoms with van der Waals surface area (Å²) in [6.45, 7) is 0.712. The van der Waals surface area contributed by atoms with Gasteiger partial charge in [0.2, 0.25) is 0 Å². The Morgan fingerprint density at radius 3 is 2.08 bits per heavy atom. The Bertz CT molecular complexity index is 1960. The number of nitrogens with one attached hydrogen (secondary N) is 1. The third kappa shape index (κ3) is 10.2. The molecule has 5 aromatic rings. The molecule has 0 bridgehead atoms. The number of anilines is 2. The minimum Gasteiger partial charge on any atom is -0.755 e. The van der Waals surface area contributed by atoms with Gasteiger partial charge in [-0.3, -0.25) is 19.1 Å². The summed E-state index contributed by atoms with van der Waals surface area (Å²) < 4.78 is 36.0. The number of primary amides is 1. The Kier molecular flexibility index (Phi) is 12.5. The average Bonchev–Trinajstić information content (AvgIpc) is 3.14. The number of nitrogens with two attached hydrogens (primary N) is 1. The molecule has 0 saturated heterocycles. The summed E-state index contributed by atoms with van der Waals surface area (Å²) in [6.07, 6.45) is -1.77. The fraction of sp³-hybridized carbons (Fsp3) is 0.158. The van der Waals surface area contributed by atoms with E-state index in [0.29, 0.717) is 35.2 Å². The Balaban J connectivity index is 1.24. The Hall–Kier alpha value is -6.05. The number of aryl methyl sites for hydroxylation is 1. The number of carbonyl (C=O) groups is 2. The second-order valence-electron chi connectivity index (χ2n) is 11.4. The number of rotatable bonds is 16. The van der Waals surface area contributed by atoms with Crippen LogP contribution in [0.3, 0.4) is 0 Å². The smallest absolute Gasteiger partial charge is 0.405 e. The molecule has 1 unspecified atom stereocenters. The second-order valence-corrected chi connectivity index (χ2v) is 12.2. The second kappa shape index (κ2) is 17.6. The number of ether oxygens (including phenoxy) is 2. The van der Waals surface area contributed by atoms with Gasteiger partial charge in [0.15, 0.2) is 6.10 Å². The fourth-order valence-corrected chi connectivity index (χ4v) is 5.92. The van der Waals surface area contributed by atoms with Gasteiger partial charge in [-0.1, -0.05) is 97.1 Å². The van der Waals surface area contributed by atoms with Gasteiger partial charge < -0.3 is 25.1 Å². The molecule has 0 saturated carbocycles. The predicted octanol–water partition coefficient (Wildman–Crippen LogP) is 6.72. The quantitative estimate of drug-likeness (QED) is 0.0488. The van der Waals surface area contributed by atoms with Crippen molar-refractivity contribution in [2.45, 2.75) is 32.0 Å². The summed E-state index contributed by atoms with van der Waals surface area (Å²) in [5, 5.41) is 15.0. The first-order valence-corrected chi connectivity index (χ1v) is 17.0. The van der Waals surface area contributed by atoms with Gasteiger partial charge >= 0.3 is 6.09 Å². The van der Waals surface area contributed by atoms with Crippen molar-refractivity contribution in [3.8, 4) is 16.9 Å². The molecule has 0 aliphatic carbocycles. The van der Waals surface area contributed by atoms with Gasteiger partial charge in [-0.15, -0.1) is 0 Å². The molecular weight excluding hydrogens is 673 g/mol. The SMILES string of the molecule is NC(=O)O[C@@H](Cc1ccc(OCc2ccc(-c3ccccc3)cc2)cc1)C(=O)N(c1ccc(NCCCc2ccccc2)c([N+](=O)[O-])c1)S(=O)[O-]. The van der Waals surface area contributed by atoms with Crippen LogP contribution >= 0.6 is 0 Å². The maximum atomic E-state index is 13.6. The molecule has 0 heterocycles. The van der Waals surface area contributed by atoms with Crippen LogP contribution < -0.4 is 20.1 Å². The van der Waals surface area contributed by atoms with E-state index in [1.165, 1.54) is 12.1 Å². The van der Waals surface area contributed by atoms with Gasteiger partial charge in [0.25, 0.3) is 11.6 Å². The van der Waals surface area contributed by atoms with Crippen LogP contribution in [0.1, 0.15) is 23.1 Å². The zero-order valence-electron chi connectivity index (χ0n) is 27.4. The highest BCUT2D eigenvalue weighted by Gasteiger charge is 2.31. The molecule has 0 aromatic heterocycles. The van der Waals surface area contributed by atoms with Crippen molar-refractivity contribution >= 4 is 40.3 Å². The maximum Gasteiger partial charge on any atom is 0.405 e. The number of nitrogens with zero attached hydrogens (tertiary/aromatic N) is 2. The van der Waals surface area contributed by atoms with Crippen molar-refractivity contribution in [3.63, 3.8) is 0 Å². The standard InChI is InChI=1S/C38H36N4O8S/c39-38(44)50-36(24-28-15-20-33(21-16-28)49-26-29-13-17-31(18-14-29)30-11-5-2-6-12-30)37(43)41(51(47)48)32-19-22-34(35(25-32)42(45)46)40-23-7-10-27-8-3-1-4-9-27/h1-6,8-9,11-22,25,36,40H,7,10,23-24,26H2,(H2,39,44)(H,47,48)/p-1/t36-/m0/s1. The highest BCUT2D eigenvalue weighted by Crippen LogP contribution is 2.31. The molecule has 13 heteroatoms. The lowest BCUT2D eigenvalue weighted by atomic mass is 10.0. The molecule has 0 aliphatic heterocycles. The van der Waals surface area contributed by atoms with Crippen molar-refractivity contribution in [2.24, 2.45) is 5.73 Å². The average molecular weight is 708 g/mol. The van der Waals surface area contributed by atoms with E-state index in [0.717, 1.165) is 34.7 Å². The molecule has 51 heavy (non-hydrogen) atoms. The molecule has 0 fully saturated rings. The van der Waals surface area contributed by atoms with Gasteiger partial charge in [0, 0.05) is 19.0 Å². The van der Waals surface area contributed by atoms with E-state index >= 15 is 0 Å². The van der Waals surface area contributed by atoms with Crippen LogP contribution in [0.25, 0.3) is 11.1 Å². The lowest BCUT2D eigenvalue weighted by Crippen LogP contribution is -2.44. The summed E-state index contributed by atoms with van der Waals surface area (Å²) in [7, 11) is 0. The van der Waals surface area contributed by atoms with Crippen LogP contribution in [0.15, 0.2) is 127 Å². The first-order valence-electron chi connectivity index (χ1n) is 16.0. The van der Waals surface area contributed by atoms with Crippen LogP contribution in [-0.4, -0.2) is 38.3 Å². The van der Waals surface area contributed by atoms with E-state index in [1.54, 1.807) is 24.3 Å². The predicted molar refractivity (Wildman–Crippen MR) is 194 cm³/mol. The minimum atomic E-state index is -3.23. The monoisotopic (exact) mass is 707 g/mol. The van der Waals surface area contributed by atoms with E-state index in [9.17, 15) is 28.5 Å². The lowest BCUT2D eigenvalue weighted by molar-refractivity contribution is -0.383. The highest BCUT2D eigenvalue weighted by molar-refractivity contribution is 7.81. The third-order valence-electron chi connectivity index (χ3n) is 7.91. The largest absolute Gasteiger partial charge is 0.755 e. The van der Waals surface area contributed by atoms with E-state index in [4.69, 9.17) is 15.2 Å². The number of hydrogen-bond donors (Lipinski definition) is 2. The topological polar surface area (TPSA) is 177 Å². The summed E-state index contributed by atoms with van der Waals surface area (Å²) >= 11 is -3.23. The molecule has 0 spiro atoms. The van der Waals surface area contributed by atoms with Crippen LogP contribution in [0, 0.1) is 10.1 Å². The molecule has 2 atom stereocenters. The molecule has 5 rings (SSSR count). The van der Waals surface area contributed by atoms with E-state index in [-0.39, 0.29) is 17.8 Å². The Labute approximate surface area is 297 Å². The van der Waals surface area contributed by atoms with Crippen molar-refractivity contribution in [2.75, 3.05) is 16.2 Å². The number of nitro benzene ring substituents is 1. The molecule has 5 aromatic carbocycles. The number of benzene rings is 5. The van der Waals surface area contributed by atoms with Gasteiger partial charge in [-0.05, 0) is 64.9 Å². The molecule has 0 aliphatic rings. The van der Waals surface area contributed by atoms with Crippen molar-refractivity contribution in [3.05, 3.63) is 154 Å². The molecule has 0 radical (unpaired) electrons. The van der Waals surface area contributed by atoms with Gasteiger partial charge in [0.05, 0.1) is 21.9 Å². The van der Waals surface area contributed by atoms with E-state index in [2.05, 4.69) is 5.32 Å². The number of hydrogen-bond acceptors (Lipinski definition) is 9. The van der Waals surface area contributed by atoms with Crippen LogP contribution in [0.5, 0.6) is 5.75 Å². The zero-order chi connectivity index (χ0) is 36.2. The Morgan fingerprint density at radius 1 is 0.824 bits per heavy atom. The van der Waals surface area contributed by atoms with Gasteiger partial charge in [-0.25, -0.2) is 9.10 Å². The minimum absolute atomic E-state index is 0.150. The normalized spacial score (nSPS) is 11.9. The Morgan fingerprint density at radius 2 is 1.45 bits per heavy atom. The number of nitro groups is 1. The van der Waals surface area contributed by atoms with Crippen molar-refractivity contribution in [1.29, 1.82) is 0 Å². The third-order valence-corrected chi connectivity index (χ3v) is 8.60. The van der Waals surface area contributed by atoms with Gasteiger partial charge in [-0.2, -0.15) is 0 Å². The first kappa shape index (κ1) is 36.2. The number of amides is 2. The summed E-state index contributed by atoms with van der Waals surface area (Å²) in [6, 6.07) is 37.9. The zero-order valence-corrected chi connectivity index (χ0v) is 28.2. The van der Waals surface area contributed by atoms with E-state index < -0.39 is 40.0 Å². The number of carbonyl (C=O) groups excluding carboxylic acids is 2. The molecular formula is C38H35N4O8S-. The van der Waals surface area contributed by atoms with Crippen LogP contribution in [-0.2, 0) is 40.2 Å². The lowest BCUT2D eigenvalue weighted by Gasteiger charge is -2.28. The summed E-state index contributed by atoms with van der Waals surface area (Å²) in [5.41, 5.74) is 9.41. The summed E-state index contributed by atoms with van der Waals surface area (Å²) in [5.74, 6) is -0.632. The van der Waals surface area contributed by atoms with Crippen molar-refractivity contribution in [1.82, 2.24) is 0 Å². The van der Waals surface area contributed by atoms with Crippen molar-refractivity contribution < 1.29 is 32.7 Å². The highest BCUT2D eigenvalue weighted by atomic mass is 32.2.